The lowest BCUT2D eigenvalue weighted by Crippen LogP contribution is -2.46. The highest BCUT2D eigenvalue weighted by molar-refractivity contribution is 4.78. The zero-order chi connectivity index (χ0) is 11.2. The molecule has 2 N–H and O–H groups in total. The first-order chi connectivity index (χ1) is 7.86. The first-order valence-electron chi connectivity index (χ1n) is 7.00. The third-order valence-electron chi connectivity index (χ3n) is 4.14. The predicted molar refractivity (Wildman–Crippen MR) is 68.8 cm³/mol. The standard InChI is InChI=1S/C13H27N3/c1-16(13-6-2-3-7-13)10-9-15-12-5-4-8-14-11-12/h12-15H,2-11H2,1H3. The average molecular weight is 225 g/mol. The van der Waals surface area contributed by atoms with Gasteiger partial charge in [0.05, 0.1) is 0 Å². The summed E-state index contributed by atoms with van der Waals surface area (Å²) < 4.78 is 0. The monoisotopic (exact) mass is 225 g/mol. The van der Waals surface area contributed by atoms with E-state index in [2.05, 4.69) is 22.6 Å². The largest absolute Gasteiger partial charge is 0.315 e. The van der Waals surface area contributed by atoms with Crippen LogP contribution < -0.4 is 10.6 Å². The second kappa shape index (κ2) is 6.58. The Morgan fingerprint density at radius 2 is 2.00 bits per heavy atom. The summed E-state index contributed by atoms with van der Waals surface area (Å²) in [5, 5.41) is 7.12. The molecule has 3 heteroatoms. The Hall–Kier alpha value is -0.120. The quantitative estimate of drug-likeness (QED) is 0.736. The molecule has 1 aliphatic heterocycles. The van der Waals surface area contributed by atoms with Gasteiger partial charge >= 0.3 is 0 Å². The SMILES string of the molecule is CN(CCNC1CCCNC1)C1CCCC1. The van der Waals surface area contributed by atoms with Gasteiger partial charge in [-0.2, -0.15) is 0 Å². The number of rotatable bonds is 5. The zero-order valence-corrected chi connectivity index (χ0v) is 10.7. The van der Waals surface area contributed by atoms with Gasteiger partial charge in [0.15, 0.2) is 0 Å². The topological polar surface area (TPSA) is 27.3 Å². The summed E-state index contributed by atoms with van der Waals surface area (Å²) in [5.41, 5.74) is 0. The van der Waals surface area contributed by atoms with Crippen molar-refractivity contribution in [2.75, 3.05) is 33.2 Å². The molecule has 0 aromatic carbocycles. The van der Waals surface area contributed by atoms with E-state index in [1.807, 2.05) is 0 Å². The minimum absolute atomic E-state index is 0.714. The molecule has 0 aromatic rings. The van der Waals surface area contributed by atoms with Crippen LogP contribution in [0.5, 0.6) is 0 Å². The van der Waals surface area contributed by atoms with Crippen LogP contribution in [0.3, 0.4) is 0 Å². The lowest BCUT2D eigenvalue weighted by molar-refractivity contribution is 0.239. The van der Waals surface area contributed by atoms with E-state index < -0.39 is 0 Å². The summed E-state index contributed by atoms with van der Waals surface area (Å²) in [6.07, 6.45) is 8.39. The molecule has 2 fully saturated rings. The molecule has 2 aliphatic rings. The third kappa shape index (κ3) is 3.72. The van der Waals surface area contributed by atoms with Gasteiger partial charge in [0, 0.05) is 31.7 Å². The van der Waals surface area contributed by atoms with Crippen molar-refractivity contribution in [1.82, 2.24) is 15.5 Å². The second-order valence-electron chi connectivity index (χ2n) is 5.42. The molecule has 1 saturated carbocycles. The lowest BCUT2D eigenvalue weighted by Gasteiger charge is -2.27. The Balaban J connectivity index is 1.56. The average Bonchev–Trinajstić information content (AvgIpc) is 2.84. The molecule has 16 heavy (non-hydrogen) atoms. The highest BCUT2D eigenvalue weighted by Crippen LogP contribution is 2.21. The van der Waals surface area contributed by atoms with Gasteiger partial charge in [-0.3, -0.25) is 0 Å². The minimum atomic E-state index is 0.714. The summed E-state index contributed by atoms with van der Waals surface area (Å²) in [6, 6.07) is 1.58. The van der Waals surface area contributed by atoms with Crippen LogP contribution >= 0.6 is 0 Å². The van der Waals surface area contributed by atoms with Gasteiger partial charge in [0.1, 0.15) is 0 Å². The fourth-order valence-corrected chi connectivity index (χ4v) is 3.00. The first-order valence-corrected chi connectivity index (χ1v) is 7.00. The van der Waals surface area contributed by atoms with Gasteiger partial charge in [-0.05, 0) is 39.3 Å². The fraction of sp³-hybridized carbons (Fsp3) is 1.00. The van der Waals surface area contributed by atoms with Crippen molar-refractivity contribution in [3.8, 4) is 0 Å². The maximum atomic E-state index is 3.67. The molecule has 94 valence electrons. The highest BCUT2D eigenvalue weighted by Gasteiger charge is 2.19. The van der Waals surface area contributed by atoms with E-state index in [0.29, 0.717) is 6.04 Å². The molecule has 1 saturated heterocycles. The number of hydrogen-bond acceptors (Lipinski definition) is 3. The summed E-state index contributed by atoms with van der Waals surface area (Å²) >= 11 is 0. The minimum Gasteiger partial charge on any atom is -0.315 e. The van der Waals surface area contributed by atoms with Crippen LogP contribution in [0.4, 0.5) is 0 Å². The van der Waals surface area contributed by atoms with E-state index in [1.54, 1.807) is 0 Å². The van der Waals surface area contributed by atoms with Gasteiger partial charge in [-0.25, -0.2) is 0 Å². The van der Waals surface area contributed by atoms with Gasteiger partial charge < -0.3 is 15.5 Å². The van der Waals surface area contributed by atoms with E-state index in [1.165, 1.54) is 51.6 Å². The molecule has 2 rings (SSSR count). The molecule has 1 aliphatic carbocycles. The van der Waals surface area contributed by atoms with E-state index >= 15 is 0 Å². The van der Waals surface area contributed by atoms with Crippen molar-refractivity contribution in [1.29, 1.82) is 0 Å². The molecule has 3 nitrogen and oxygen atoms in total. The lowest BCUT2D eigenvalue weighted by atomic mass is 10.1. The third-order valence-corrected chi connectivity index (χ3v) is 4.14. The van der Waals surface area contributed by atoms with E-state index in [4.69, 9.17) is 0 Å². The molecule has 0 spiro atoms. The van der Waals surface area contributed by atoms with Gasteiger partial charge in [-0.1, -0.05) is 12.8 Å². The predicted octanol–water partition coefficient (Wildman–Crippen LogP) is 1.20. The summed E-state index contributed by atoms with van der Waals surface area (Å²) in [6.45, 7) is 4.73. The number of likely N-dealkylation sites (N-methyl/N-ethyl adjacent to an activating group) is 1. The molecule has 1 unspecified atom stereocenters. The van der Waals surface area contributed by atoms with Crippen molar-refractivity contribution in [2.24, 2.45) is 0 Å². The zero-order valence-electron chi connectivity index (χ0n) is 10.7. The summed E-state index contributed by atoms with van der Waals surface area (Å²) in [7, 11) is 2.29. The Bertz CT molecular complexity index is 184. The van der Waals surface area contributed by atoms with Crippen molar-refractivity contribution in [3.63, 3.8) is 0 Å². The molecule has 0 bridgehead atoms. The maximum absolute atomic E-state index is 3.67. The molecule has 0 aromatic heterocycles. The van der Waals surface area contributed by atoms with Crippen LogP contribution in [0.2, 0.25) is 0 Å². The molecule has 1 heterocycles. The number of nitrogens with zero attached hydrogens (tertiary/aromatic N) is 1. The molecule has 0 radical (unpaired) electrons. The highest BCUT2D eigenvalue weighted by atomic mass is 15.1. The van der Waals surface area contributed by atoms with Crippen molar-refractivity contribution < 1.29 is 0 Å². The van der Waals surface area contributed by atoms with Gasteiger partial charge in [0.25, 0.3) is 0 Å². The number of hydrogen-bond donors (Lipinski definition) is 2. The van der Waals surface area contributed by atoms with E-state index in [9.17, 15) is 0 Å². The summed E-state index contributed by atoms with van der Waals surface area (Å²) in [5.74, 6) is 0. The van der Waals surface area contributed by atoms with Gasteiger partial charge in [0.2, 0.25) is 0 Å². The summed E-state index contributed by atoms with van der Waals surface area (Å²) in [4.78, 5) is 2.55. The number of piperidine rings is 1. The first kappa shape index (κ1) is 12.3. The van der Waals surface area contributed by atoms with Crippen LogP contribution in [0.25, 0.3) is 0 Å². The molecular formula is C13H27N3. The van der Waals surface area contributed by atoms with Crippen LogP contribution in [-0.4, -0.2) is 50.2 Å². The van der Waals surface area contributed by atoms with Crippen LogP contribution in [0, 0.1) is 0 Å². The molecular weight excluding hydrogens is 198 g/mol. The second-order valence-corrected chi connectivity index (χ2v) is 5.42. The maximum Gasteiger partial charge on any atom is 0.0193 e. The Labute approximate surface area is 100.0 Å². The van der Waals surface area contributed by atoms with Crippen molar-refractivity contribution >= 4 is 0 Å². The Morgan fingerprint density at radius 3 is 2.69 bits per heavy atom. The van der Waals surface area contributed by atoms with Crippen LogP contribution in [0.1, 0.15) is 38.5 Å². The van der Waals surface area contributed by atoms with Crippen molar-refractivity contribution in [3.05, 3.63) is 0 Å². The van der Waals surface area contributed by atoms with Crippen LogP contribution in [0.15, 0.2) is 0 Å². The molecule has 0 amide bonds. The smallest absolute Gasteiger partial charge is 0.0193 e. The van der Waals surface area contributed by atoms with Crippen LogP contribution in [-0.2, 0) is 0 Å². The van der Waals surface area contributed by atoms with Gasteiger partial charge in [-0.15, -0.1) is 0 Å². The Kier molecular flexibility index (Phi) is 5.07. The van der Waals surface area contributed by atoms with Crippen molar-refractivity contribution in [2.45, 2.75) is 50.6 Å². The number of nitrogens with one attached hydrogen (secondary N) is 2. The fourth-order valence-electron chi connectivity index (χ4n) is 3.00. The Morgan fingerprint density at radius 1 is 1.19 bits per heavy atom. The normalized spacial score (nSPS) is 27.8. The van der Waals surface area contributed by atoms with E-state index in [-0.39, 0.29) is 0 Å². The van der Waals surface area contributed by atoms with E-state index in [0.717, 1.165) is 19.1 Å². The molecule has 1 atom stereocenters.